The second kappa shape index (κ2) is 4.54. The number of diazo groups is 1. The molecule has 0 spiro atoms. The van der Waals surface area contributed by atoms with Gasteiger partial charge in [0.2, 0.25) is 5.39 Å². The van der Waals surface area contributed by atoms with Crippen LogP contribution in [0.4, 0.5) is 0 Å². The Morgan fingerprint density at radius 2 is 2.38 bits per heavy atom. The molecule has 0 saturated heterocycles. The largest absolute Gasteiger partial charge is 0.366 e. The van der Waals surface area contributed by atoms with E-state index in [1.165, 1.54) is 0 Å². The van der Waals surface area contributed by atoms with Gasteiger partial charge in [-0.15, -0.1) is 0 Å². The summed E-state index contributed by atoms with van der Waals surface area (Å²) in [6, 6.07) is 0. The highest BCUT2D eigenvalue weighted by Gasteiger charge is 2.09. The van der Waals surface area contributed by atoms with Gasteiger partial charge in [0.1, 0.15) is 4.98 Å². The second-order valence-electron chi connectivity index (χ2n) is 1.83. The summed E-state index contributed by atoms with van der Waals surface area (Å²) in [6.45, 7) is 2.07. The van der Waals surface area contributed by atoms with Crippen molar-refractivity contribution >= 4 is 0 Å². The molecule has 0 saturated carbocycles. The predicted molar refractivity (Wildman–Crippen MR) is 32.6 cm³/mol. The smallest absolute Gasteiger partial charge is 0.254 e. The van der Waals surface area contributed by atoms with E-state index in [2.05, 4.69) is 11.9 Å². The Morgan fingerprint density at radius 3 is 2.75 bits per heavy atom. The standard InChI is InChI=1S/C5H12N3/c1-2-3-4-5(6)8-7/h5H,2-4,6H2,1H3/q+1. The fourth-order valence-electron chi connectivity index (χ4n) is 0.471. The summed E-state index contributed by atoms with van der Waals surface area (Å²) in [7, 11) is 0. The van der Waals surface area contributed by atoms with Crippen LogP contribution in [-0.2, 0) is 0 Å². The van der Waals surface area contributed by atoms with E-state index in [0.717, 1.165) is 19.3 Å². The predicted octanol–water partition coefficient (Wildman–Crippen LogP) is 1.31. The average molecular weight is 114 g/mol. The van der Waals surface area contributed by atoms with Gasteiger partial charge in [-0.25, -0.2) is 0 Å². The van der Waals surface area contributed by atoms with Crippen LogP contribution in [0.2, 0.25) is 0 Å². The molecule has 0 fully saturated rings. The van der Waals surface area contributed by atoms with Gasteiger partial charge in [-0.2, -0.15) is 0 Å². The van der Waals surface area contributed by atoms with Crippen LogP contribution < -0.4 is 5.73 Å². The molecule has 2 N–H and O–H groups in total. The molecule has 0 rings (SSSR count). The van der Waals surface area contributed by atoms with Crippen molar-refractivity contribution in [2.45, 2.75) is 32.4 Å². The summed E-state index contributed by atoms with van der Waals surface area (Å²) in [5.41, 5.74) is 5.24. The van der Waals surface area contributed by atoms with Gasteiger partial charge in [0.05, 0.1) is 0 Å². The van der Waals surface area contributed by atoms with E-state index in [1.807, 2.05) is 0 Å². The van der Waals surface area contributed by atoms with Crippen LogP contribution in [-0.4, -0.2) is 6.17 Å². The highest BCUT2D eigenvalue weighted by atomic mass is 15.0. The lowest BCUT2D eigenvalue weighted by molar-refractivity contribution is 0.646. The Labute approximate surface area is 49.5 Å². The van der Waals surface area contributed by atoms with Crippen LogP contribution in [0.1, 0.15) is 26.2 Å². The topological polar surface area (TPSA) is 54.2 Å². The van der Waals surface area contributed by atoms with Crippen molar-refractivity contribution in [2.75, 3.05) is 0 Å². The molecular weight excluding hydrogens is 102 g/mol. The molecule has 0 aromatic rings. The highest BCUT2D eigenvalue weighted by Crippen LogP contribution is 1.97. The van der Waals surface area contributed by atoms with Crippen molar-refractivity contribution in [3.63, 3.8) is 0 Å². The molecular formula is C5H12N3+. The summed E-state index contributed by atoms with van der Waals surface area (Å²) in [5.74, 6) is 0. The minimum absolute atomic E-state index is 0.366. The summed E-state index contributed by atoms with van der Waals surface area (Å²) in [5, 5.41) is 8.06. The van der Waals surface area contributed by atoms with Crippen molar-refractivity contribution in [3.8, 4) is 0 Å². The molecule has 0 aromatic heterocycles. The van der Waals surface area contributed by atoms with Crippen molar-refractivity contribution in [2.24, 2.45) is 5.73 Å². The molecule has 8 heavy (non-hydrogen) atoms. The average Bonchev–Trinajstić information content (AvgIpc) is 1.83. The lowest BCUT2D eigenvalue weighted by atomic mass is 10.2. The number of unbranched alkanes of at least 4 members (excludes halogenated alkanes) is 1. The van der Waals surface area contributed by atoms with Crippen molar-refractivity contribution in [1.29, 1.82) is 5.39 Å². The van der Waals surface area contributed by atoms with Crippen LogP contribution in [0, 0.1) is 5.39 Å². The first kappa shape index (κ1) is 7.38. The van der Waals surface area contributed by atoms with Crippen LogP contribution in [0.3, 0.4) is 0 Å². The molecule has 1 atom stereocenters. The summed E-state index contributed by atoms with van der Waals surface area (Å²) in [6.07, 6.45) is 2.55. The molecule has 3 heteroatoms. The van der Waals surface area contributed by atoms with Gasteiger partial charge in [0.25, 0.3) is 0 Å². The molecule has 0 amide bonds. The van der Waals surface area contributed by atoms with Crippen molar-refractivity contribution in [3.05, 3.63) is 4.98 Å². The van der Waals surface area contributed by atoms with E-state index in [9.17, 15) is 0 Å². The molecule has 0 bridgehead atoms. The first-order valence-electron chi connectivity index (χ1n) is 2.91. The maximum atomic E-state index is 8.06. The monoisotopic (exact) mass is 114 g/mol. The van der Waals surface area contributed by atoms with Gasteiger partial charge < -0.3 is 0 Å². The minimum atomic E-state index is -0.366. The zero-order valence-electron chi connectivity index (χ0n) is 5.17. The molecule has 0 aliphatic rings. The second-order valence-corrected chi connectivity index (χ2v) is 1.83. The Bertz CT molecular complexity index is 84.2. The van der Waals surface area contributed by atoms with Crippen LogP contribution in [0.15, 0.2) is 0 Å². The Hall–Kier alpha value is -0.620. The zero-order chi connectivity index (χ0) is 6.41. The maximum absolute atomic E-state index is 8.06. The van der Waals surface area contributed by atoms with E-state index in [1.54, 1.807) is 0 Å². The van der Waals surface area contributed by atoms with Crippen LogP contribution >= 0.6 is 0 Å². The quantitative estimate of drug-likeness (QED) is 0.562. The molecule has 0 aliphatic carbocycles. The van der Waals surface area contributed by atoms with E-state index < -0.39 is 0 Å². The first-order chi connectivity index (χ1) is 3.81. The van der Waals surface area contributed by atoms with E-state index in [0.29, 0.717) is 0 Å². The van der Waals surface area contributed by atoms with Crippen molar-refractivity contribution < 1.29 is 0 Å². The first-order valence-corrected chi connectivity index (χ1v) is 2.91. The van der Waals surface area contributed by atoms with Gasteiger partial charge in [0, 0.05) is 6.42 Å². The lowest BCUT2D eigenvalue weighted by Gasteiger charge is -1.86. The molecule has 46 valence electrons. The van der Waals surface area contributed by atoms with Gasteiger partial charge in [-0.3, -0.25) is 5.73 Å². The third-order valence-electron chi connectivity index (χ3n) is 1.00. The van der Waals surface area contributed by atoms with Crippen LogP contribution in [0.5, 0.6) is 0 Å². The highest BCUT2D eigenvalue weighted by molar-refractivity contribution is 4.66. The summed E-state index contributed by atoms with van der Waals surface area (Å²) >= 11 is 0. The number of nitrogens with zero attached hydrogens (tertiary/aromatic N) is 2. The number of hydrogen-bond acceptors (Lipinski definition) is 2. The van der Waals surface area contributed by atoms with Crippen LogP contribution in [0.25, 0.3) is 4.98 Å². The Morgan fingerprint density at radius 1 is 1.75 bits per heavy atom. The zero-order valence-corrected chi connectivity index (χ0v) is 5.17. The molecule has 0 radical (unpaired) electrons. The maximum Gasteiger partial charge on any atom is 0.366 e. The van der Waals surface area contributed by atoms with E-state index in [4.69, 9.17) is 11.1 Å². The third-order valence-corrected chi connectivity index (χ3v) is 1.00. The number of nitrogens with two attached hydrogens (primary N) is 1. The fraction of sp³-hybridized carbons (Fsp3) is 1.00. The fourth-order valence-corrected chi connectivity index (χ4v) is 0.471. The molecule has 0 heterocycles. The molecule has 3 nitrogen and oxygen atoms in total. The normalized spacial score (nSPS) is 12.6. The summed E-state index contributed by atoms with van der Waals surface area (Å²) < 4.78 is 0. The Kier molecular flexibility index (Phi) is 4.19. The molecule has 1 unspecified atom stereocenters. The van der Waals surface area contributed by atoms with E-state index >= 15 is 0 Å². The van der Waals surface area contributed by atoms with Gasteiger partial charge >= 0.3 is 6.17 Å². The molecule has 0 aromatic carbocycles. The van der Waals surface area contributed by atoms with Crippen molar-refractivity contribution in [1.82, 2.24) is 0 Å². The third kappa shape index (κ3) is 3.57. The number of hydrogen-bond donors (Lipinski definition) is 1. The van der Waals surface area contributed by atoms with Gasteiger partial charge in [-0.05, 0) is 6.42 Å². The SMILES string of the molecule is CCCCC(N)[N+]#N. The van der Waals surface area contributed by atoms with E-state index in [-0.39, 0.29) is 6.17 Å². The number of rotatable bonds is 3. The minimum Gasteiger partial charge on any atom is -0.254 e. The van der Waals surface area contributed by atoms with Gasteiger partial charge in [-0.1, -0.05) is 13.3 Å². The molecule has 0 aliphatic heterocycles. The van der Waals surface area contributed by atoms with Gasteiger partial charge in [0.15, 0.2) is 0 Å². The summed E-state index contributed by atoms with van der Waals surface area (Å²) in [4.78, 5) is 2.90. The Balaban J connectivity index is 3.02. The lowest BCUT2D eigenvalue weighted by Crippen LogP contribution is -2.13.